The first kappa shape index (κ1) is 13.4. The maximum atomic E-state index is 5.71. The van der Waals surface area contributed by atoms with Gasteiger partial charge in [-0.05, 0) is 53.5 Å². The summed E-state index contributed by atoms with van der Waals surface area (Å²) in [6, 6.07) is 8.42. The van der Waals surface area contributed by atoms with Gasteiger partial charge in [0.15, 0.2) is 4.67 Å². The zero-order valence-electron chi connectivity index (χ0n) is 11.4. The van der Waals surface area contributed by atoms with Gasteiger partial charge in [0, 0.05) is 12.6 Å². The van der Waals surface area contributed by atoms with Crippen molar-refractivity contribution >= 4 is 27.0 Å². The Hall–Kier alpha value is -1.59. The van der Waals surface area contributed by atoms with Crippen molar-refractivity contribution < 1.29 is 4.42 Å². The molecule has 0 aliphatic carbocycles. The van der Waals surface area contributed by atoms with Gasteiger partial charge in [-0.3, -0.25) is 0 Å². The van der Waals surface area contributed by atoms with Crippen LogP contribution in [-0.2, 0) is 6.54 Å². The zero-order chi connectivity index (χ0) is 14.3. The van der Waals surface area contributed by atoms with E-state index in [1.165, 1.54) is 0 Å². The molecule has 3 rings (SSSR count). The SMILES string of the molecule is CC(C)n1c(-c2ccoc2Br)nc2cc(CN)ccc21. The number of hydrogen-bond donors (Lipinski definition) is 1. The molecule has 0 spiro atoms. The van der Waals surface area contributed by atoms with E-state index in [-0.39, 0.29) is 0 Å². The fraction of sp³-hybridized carbons (Fsp3) is 0.267. The van der Waals surface area contributed by atoms with Crippen molar-refractivity contribution in [1.29, 1.82) is 0 Å². The van der Waals surface area contributed by atoms with E-state index < -0.39 is 0 Å². The summed E-state index contributed by atoms with van der Waals surface area (Å²) in [6.45, 7) is 4.82. The van der Waals surface area contributed by atoms with Crippen LogP contribution in [0.25, 0.3) is 22.4 Å². The Kier molecular flexibility index (Phi) is 3.40. The number of hydrogen-bond acceptors (Lipinski definition) is 3. The largest absolute Gasteiger partial charge is 0.457 e. The number of benzene rings is 1. The predicted octanol–water partition coefficient (Wildman–Crippen LogP) is 4.10. The Bertz CT molecular complexity index is 758. The molecule has 0 fully saturated rings. The van der Waals surface area contributed by atoms with Crippen LogP contribution >= 0.6 is 15.9 Å². The Morgan fingerprint density at radius 2 is 2.15 bits per heavy atom. The van der Waals surface area contributed by atoms with Crippen LogP contribution in [0.1, 0.15) is 25.5 Å². The highest BCUT2D eigenvalue weighted by atomic mass is 79.9. The van der Waals surface area contributed by atoms with Gasteiger partial charge >= 0.3 is 0 Å². The molecule has 0 radical (unpaired) electrons. The lowest BCUT2D eigenvalue weighted by Crippen LogP contribution is -2.03. The summed E-state index contributed by atoms with van der Waals surface area (Å²) in [4.78, 5) is 4.76. The highest BCUT2D eigenvalue weighted by Crippen LogP contribution is 2.33. The molecular formula is C15H16BrN3O. The van der Waals surface area contributed by atoms with Crippen LogP contribution in [0.5, 0.6) is 0 Å². The number of rotatable bonds is 3. The molecule has 3 aromatic rings. The van der Waals surface area contributed by atoms with Gasteiger partial charge < -0.3 is 14.7 Å². The zero-order valence-corrected chi connectivity index (χ0v) is 13.0. The van der Waals surface area contributed by atoms with E-state index >= 15 is 0 Å². The normalized spacial score (nSPS) is 11.7. The molecule has 0 aliphatic heterocycles. The summed E-state index contributed by atoms with van der Waals surface area (Å²) in [5.74, 6) is 0.907. The van der Waals surface area contributed by atoms with Crippen LogP contribution in [0, 0.1) is 0 Å². The van der Waals surface area contributed by atoms with Crippen LogP contribution in [0.4, 0.5) is 0 Å². The summed E-state index contributed by atoms with van der Waals surface area (Å²) < 4.78 is 8.25. The summed E-state index contributed by atoms with van der Waals surface area (Å²) in [7, 11) is 0. The molecule has 1 aromatic carbocycles. The number of fused-ring (bicyclic) bond motifs is 1. The maximum Gasteiger partial charge on any atom is 0.179 e. The second-order valence-corrected chi connectivity index (χ2v) is 5.75. The molecule has 2 N–H and O–H groups in total. The van der Waals surface area contributed by atoms with Crippen molar-refractivity contribution in [2.45, 2.75) is 26.4 Å². The van der Waals surface area contributed by atoms with Gasteiger partial charge in [0.25, 0.3) is 0 Å². The van der Waals surface area contributed by atoms with Crippen LogP contribution < -0.4 is 5.73 Å². The van der Waals surface area contributed by atoms with Crippen LogP contribution in [-0.4, -0.2) is 9.55 Å². The fourth-order valence-electron chi connectivity index (χ4n) is 2.44. The highest BCUT2D eigenvalue weighted by molar-refractivity contribution is 9.10. The van der Waals surface area contributed by atoms with Gasteiger partial charge in [-0.25, -0.2) is 4.98 Å². The number of halogens is 1. The van der Waals surface area contributed by atoms with Crippen molar-refractivity contribution in [2.75, 3.05) is 0 Å². The van der Waals surface area contributed by atoms with E-state index in [9.17, 15) is 0 Å². The minimum Gasteiger partial charge on any atom is -0.457 e. The van der Waals surface area contributed by atoms with Gasteiger partial charge in [0.1, 0.15) is 5.82 Å². The molecule has 0 bridgehead atoms. The van der Waals surface area contributed by atoms with Gasteiger partial charge in [-0.15, -0.1) is 0 Å². The molecular weight excluding hydrogens is 318 g/mol. The number of nitrogens with zero attached hydrogens (tertiary/aromatic N) is 2. The Morgan fingerprint density at radius 1 is 1.35 bits per heavy atom. The van der Waals surface area contributed by atoms with E-state index in [4.69, 9.17) is 15.1 Å². The lowest BCUT2D eigenvalue weighted by molar-refractivity contribution is 0.541. The average Bonchev–Trinajstić information content (AvgIpc) is 3.00. The van der Waals surface area contributed by atoms with Crippen LogP contribution in [0.15, 0.2) is 39.6 Å². The van der Waals surface area contributed by atoms with Gasteiger partial charge in [0.05, 0.1) is 22.9 Å². The van der Waals surface area contributed by atoms with Gasteiger partial charge in [-0.1, -0.05) is 6.07 Å². The molecule has 0 atom stereocenters. The van der Waals surface area contributed by atoms with E-state index in [1.54, 1.807) is 6.26 Å². The first-order valence-corrected chi connectivity index (χ1v) is 7.35. The minimum absolute atomic E-state index is 0.306. The standard InChI is InChI=1S/C15H16BrN3O/c1-9(2)19-13-4-3-10(8-17)7-12(13)18-15(19)11-5-6-20-14(11)16/h3-7,9H,8,17H2,1-2H3. The number of aromatic nitrogens is 2. The maximum absolute atomic E-state index is 5.71. The summed E-state index contributed by atoms with van der Waals surface area (Å²) in [5, 5.41) is 0. The molecule has 2 heterocycles. The fourth-order valence-corrected chi connectivity index (χ4v) is 2.85. The third-order valence-corrected chi connectivity index (χ3v) is 3.98. The molecule has 0 saturated carbocycles. The van der Waals surface area contributed by atoms with E-state index in [1.807, 2.05) is 12.1 Å². The number of imidazole rings is 1. The number of nitrogens with two attached hydrogens (primary N) is 1. The van der Waals surface area contributed by atoms with Gasteiger partial charge in [-0.2, -0.15) is 0 Å². The quantitative estimate of drug-likeness (QED) is 0.785. The second-order valence-electron chi connectivity index (χ2n) is 5.03. The molecule has 20 heavy (non-hydrogen) atoms. The molecule has 4 nitrogen and oxygen atoms in total. The smallest absolute Gasteiger partial charge is 0.179 e. The van der Waals surface area contributed by atoms with Crippen molar-refractivity contribution in [3.05, 3.63) is 40.8 Å². The monoisotopic (exact) mass is 333 g/mol. The third kappa shape index (κ3) is 2.07. The summed E-state index contributed by atoms with van der Waals surface area (Å²) in [6.07, 6.45) is 1.66. The predicted molar refractivity (Wildman–Crippen MR) is 83.4 cm³/mol. The molecule has 0 amide bonds. The van der Waals surface area contributed by atoms with E-state index in [2.05, 4.69) is 46.5 Å². The molecule has 2 aromatic heterocycles. The Balaban J connectivity index is 2.31. The average molecular weight is 334 g/mol. The van der Waals surface area contributed by atoms with Gasteiger partial charge in [0.2, 0.25) is 0 Å². The molecule has 5 heteroatoms. The second kappa shape index (κ2) is 5.07. The molecule has 104 valence electrons. The topological polar surface area (TPSA) is 57.0 Å². The summed E-state index contributed by atoms with van der Waals surface area (Å²) in [5.41, 5.74) is 9.83. The molecule has 0 saturated heterocycles. The lowest BCUT2D eigenvalue weighted by atomic mass is 10.2. The Labute approximate surface area is 125 Å². The first-order chi connectivity index (χ1) is 9.61. The summed E-state index contributed by atoms with van der Waals surface area (Å²) >= 11 is 3.43. The molecule has 0 aliphatic rings. The van der Waals surface area contributed by atoms with Crippen molar-refractivity contribution in [3.8, 4) is 11.4 Å². The lowest BCUT2D eigenvalue weighted by Gasteiger charge is -2.12. The Morgan fingerprint density at radius 3 is 2.75 bits per heavy atom. The van der Waals surface area contributed by atoms with Crippen LogP contribution in [0.3, 0.4) is 0 Å². The highest BCUT2D eigenvalue weighted by Gasteiger charge is 2.18. The van der Waals surface area contributed by atoms with E-state index in [0.717, 1.165) is 28.0 Å². The van der Waals surface area contributed by atoms with Crippen molar-refractivity contribution in [1.82, 2.24) is 9.55 Å². The minimum atomic E-state index is 0.306. The van der Waals surface area contributed by atoms with Crippen molar-refractivity contribution in [2.24, 2.45) is 5.73 Å². The van der Waals surface area contributed by atoms with E-state index in [0.29, 0.717) is 17.3 Å². The number of furan rings is 1. The van der Waals surface area contributed by atoms with Crippen molar-refractivity contribution in [3.63, 3.8) is 0 Å². The van der Waals surface area contributed by atoms with Crippen LogP contribution in [0.2, 0.25) is 0 Å². The third-order valence-electron chi connectivity index (χ3n) is 3.36. The molecule has 0 unspecified atom stereocenters. The first-order valence-electron chi connectivity index (χ1n) is 6.56.